The Kier molecular flexibility index (Phi) is 26.0. The minimum absolute atomic E-state index is 1.43. The van der Waals surface area contributed by atoms with Gasteiger partial charge in [0.15, 0.2) is 0 Å². The van der Waals surface area contributed by atoms with E-state index in [-0.39, 0.29) is 0 Å². The Bertz CT molecular complexity index is 50.1. The van der Waals surface area contributed by atoms with Crippen molar-refractivity contribution in [2.24, 2.45) is 0 Å². The number of allylic oxidation sites excluding steroid dienone is 2. The molecule has 0 saturated carbocycles. The molecule has 0 atom stereocenters. The Balaban J connectivity index is -0.000000105. The van der Waals surface area contributed by atoms with E-state index >= 15 is 0 Å². The molecule has 0 amide bonds. The lowest BCUT2D eigenvalue weighted by atomic mass is 10.2. The molecule has 0 heteroatoms. The molecule has 0 radical (unpaired) electrons. The zero-order chi connectivity index (χ0) is 9.15. The van der Waals surface area contributed by atoms with Gasteiger partial charge < -0.3 is 0 Å². The first-order valence-corrected chi connectivity index (χ1v) is 4.25. The predicted molar refractivity (Wildman–Crippen MR) is 52.4 cm³/mol. The maximum Gasteiger partial charge on any atom is -0.0440 e. The molecule has 0 rings (SSSR count). The van der Waals surface area contributed by atoms with Gasteiger partial charge in [-0.3, -0.25) is 0 Å². The third-order valence-electron chi connectivity index (χ3n) is 1.00. The quantitative estimate of drug-likeness (QED) is 0.442. The summed E-state index contributed by atoms with van der Waals surface area (Å²) >= 11 is 0. The first-order chi connectivity index (χ1) is 4.64. The van der Waals surface area contributed by atoms with Gasteiger partial charge in [0.2, 0.25) is 0 Å². The van der Waals surface area contributed by atoms with E-state index in [4.69, 9.17) is 0 Å². The van der Waals surface area contributed by atoms with Crippen LogP contribution in [0.15, 0.2) is 11.1 Å². The molecule has 0 saturated heterocycles. The second-order valence-corrected chi connectivity index (χ2v) is 2.00. The van der Waals surface area contributed by atoms with Crippen molar-refractivity contribution in [3.05, 3.63) is 11.1 Å². The van der Waals surface area contributed by atoms with Crippen molar-refractivity contribution in [3.8, 4) is 0 Å². The Morgan fingerprint density at radius 3 is 0.600 bits per heavy atom. The first kappa shape index (κ1) is 16.4. The average molecular weight is 144 g/mol. The van der Waals surface area contributed by atoms with E-state index in [0.717, 1.165) is 0 Å². The fourth-order valence-corrected chi connectivity index (χ4v) is 0. The summed E-state index contributed by atoms with van der Waals surface area (Å²) in [5.74, 6) is 0. The van der Waals surface area contributed by atoms with Crippen LogP contribution in [0.5, 0.6) is 0 Å². The molecule has 64 valence electrons. The third kappa shape index (κ3) is 25.1. The van der Waals surface area contributed by atoms with Crippen LogP contribution in [0.25, 0.3) is 0 Å². The van der Waals surface area contributed by atoms with Gasteiger partial charge in [0.1, 0.15) is 0 Å². The predicted octanol–water partition coefficient (Wildman–Crippen LogP) is 4.42. The lowest BCUT2D eigenvalue weighted by Crippen LogP contribution is -1.66. The van der Waals surface area contributed by atoms with E-state index < -0.39 is 0 Å². The highest BCUT2D eigenvalue weighted by molar-refractivity contribution is 5.02. The Hall–Kier alpha value is -0.260. The second-order valence-electron chi connectivity index (χ2n) is 2.00. The van der Waals surface area contributed by atoms with E-state index in [9.17, 15) is 0 Å². The third-order valence-corrected chi connectivity index (χ3v) is 1.00. The average Bonchev–Trinajstić information content (AvgIpc) is 1.96. The Labute approximate surface area is 67.3 Å². The molecule has 0 spiro atoms. The standard InChI is InChI=1S/C6H12.2C2H6/c1-5(2)6(3)4;2*1-2/h1-4H3;2*1-2H3. The summed E-state index contributed by atoms with van der Waals surface area (Å²) in [6.07, 6.45) is 0. The van der Waals surface area contributed by atoms with Crippen LogP contribution in [0.1, 0.15) is 55.4 Å². The van der Waals surface area contributed by atoms with Crippen LogP contribution in [-0.2, 0) is 0 Å². The van der Waals surface area contributed by atoms with Crippen LogP contribution in [0.2, 0.25) is 0 Å². The molecule has 0 heterocycles. The van der Waals surface area contributed by atoms with Crippen LogP contribution < -0.4 is 0 Å². The van der Waals surface area contributed by atoms with E-state index in [2.05, 4.69) is 27.7 Å². The molecule has 0 aromatic carbocycles. The van der Waals surface area contributed by atoms with E-state index in [1.54, 1.807) is 0 Å². The molecule has 0 fully saturated rings. The van der Waals surface area contributed by atoms with E-state index in [0.29, 0.717) is 0 Å². The molecule has 0 unspecified atom stereocenters. The fourth-order valence-electron chi connectivity index (χ4n) is 0. The first-order valence-electron chi connectivity index (χ1n) is 4.25. The van der Waals surface area contributed by atoms with Crippen molar-refractivity contribution >= 4 is 0 Å². The fraction of sp³-hybridized carbons (Fsp3) is 0.800. The van der Waals surface area contributed by atoms with Crippen LogP contribution in [0.4, 0.5) is 0 Å². The monoisotopic (exact) mass is 144 g/mol. The summed E-state index contributed by atoms with van der Waals surface area (Å²) < 4.78 is 0. The van der Waals surface area contributed by atoms with Crippen molar-refractivity contribution < 1.29 is 0 Å². The summed E-state index contributed by atoms with van der Waals surface area (Å²) in [6.45, 7) is 16.5. The molecule has 0 aromatic rings. The number of hydrogen-bond acceptors (Lipinski definition) is 0. The topological polar surface area (TPSA) is 0 Å². The van der Waals surface area contributed by atoms with Crippen molar-refractivity contribution in [3.63, 3.8) is 0 Å². The Morgan fingerprint density at radius 1 is 0.500 bits per heavy atom. The van der Waals surface area contributed by atoms with Crippen LogP contribution in [-0.4, -0.2) is 0 Å². The summed E-state index contributed by atoms with van der Waals surface area (Å²) in [4.78, 5) is 0. The van der Waals surface area contributed by atoms with E-state index in [1.807, 2.05) is 27.7 Å². The van der Waals surface area contributed by atoms with Gasteiger partial charge in [0, 0.05) is 0 Å². The molecule has 0 aliphatic carbocycles. The van der Waals surface area contributed by atoms with Gasteiger partial charge in [-0.25, -0.2) is 0 Å². The number of rotatable bonds is 0. The highest BCUT2D eigenvalue weighted by Gasteiger charge is 1.75. The highest BCUT2D eigenvalue weighted by Crippen LogP contribution is 1.96. The lowest BCUT2D eigenvalue weighted by molar-refractivity contribution is 1.23. The van der Waals surface area contributed by atoms with Gasteiger partial charge in [-0.15, -0.1) is 0 Å². The smallest absolute Gasteiger partial charge is 0.0440 e. The molecule has 0 aliphatic heterocycles. The summed E-state index contributed by atoms with van der Waals surface area (Å²) in [7, 11) is 0. The minimum Gasteiger partial charge on any atom is -0.0778 e. The summed E-state index contributed by atoms with van der Waals surface area (Å²) in [5, 5.41) is 0. The van der Waals surface area contributed by atoms with Gasteiger partial charge in [0.05, 0.1) is 0 Å². The maximum atomic E-state index is 2.12. The normalized spacial score (nSPS) is 6.00. The molecule has 0 N–H and O–H groups in total. The van der Waals surface area contributed by atoms with Gasteiger partial charge >= 0.3 is 0 Å². The number of hydrogen-bond donors (Lipinski definition) is 0. The van der Waals surface area contributed by atoms with Gasteiger partial charge in [-0.2, -0.15) is 0 Å². The molecular weight excluding hydrogens is 120 g/mol. The van der Waals surface area contributed by atoms with Crippen LogP contribution in [0.3, 0.4) is 0 Å². The van der Waals surface area contributed by atoms with Crippen LogP contribution >= 0.6 is 0 Å². The SMILES string of the molecule is CC.CC.CC(C)=C(C)C. The van der Waals surface area contributed by atoms with Gasteiger partial charge in [-0.1, -0.05) is 38.8 Å². The van der Waals surface area contributed by atoms with Crippen molar-refractivity contribution in [1.29, 1.82) is 0 Å². The van der Waals surface area contributed by atoms with Crippen molar-refractivity contribution in [2.45, 2.75) is 55.4 Å². The zero-order valence-corrected chi connectivity index (χ0v) is 9.00. The van der Waals surface area contributed by atoms with Gasteiger partial charge in [0.25, 0.3) is 0 Å². The molecule has 10 heavy (non-hydrogen) atoms. The summed E-state index contributed by atoms with van der Waals surface area (Å²) in [5.41, 5.74) is 2.85. The molecule has 0 aliphatic rings. The maximum absolute atomic E-state index is 2.12. The minimum atomic E-state index is 1.43. The molecule has 0 aromatic heterocycles. The zero-order valence-electron chi connectivity index (χ0n) is 9.00. The largest absolute Gasteiger partial charge is 0.0778 e. The molecular formula is C10H24. The lowest BCUT2D eigenvalue weighted by Gasteiger charge is -1.88. The van der Waals surface area contributed by atoms with Crippen molar-refractivity contribution in [2.75, 3.05) is 0 Å². The van der Waals surface area contributed by atoms with E-state index in [1.165, 1.54) is 11.1 Å². The molecule has 0 bridgehead atoms. The Morgan fingerprint density at radius 2 is 0.600 bits per heavy atom. The summed E-state index contributed by atoms with van der Waals surface area (Å²) in [6, 6.07) is 0. The second kappa shape index (κ2) is 15.9. The van der Waals surface area contributed by atoms with Gasteiger partial charge in [-0.05, 0) is 27.7 Å². The molecule has 0 nitrogen and oxygen atoms in total. The highest BCUT2D eigenvalue weighted by atomic mass is 13.8. The van der Waals surface area contributed by atoms with Crippen LogP contribution in [0, 0.1) is 0 Å². The van der Waals surface area contributed by atoms with Crippen molar-refractivity contribution in [1.82, 2.24) is 0 Å².